The van der Waals surface area contributed by atoms with Gasteiger partial charge in [-0.1, -0.05) is 30.3 Å². The quantitative estimate of drug-likeness (QED) is 0.654. The molecule has 1 aromatic heterocycles. The summed E-state index contributed by atoms with van der Waals surface area (Å²) in [6, 6.07) is 15.7. The number of nitrogens with zero attached hydrogens (tertiary/aromatic N) is 2. The first-order chi connectivity index (χ1) is 15.4. The molecule has 0 saturated heterocycles. The number of hydrogen-bond acceptors (Lipinski definition) is 4. The van der Waals surface area contributed by atoms with Gasteiger partial charge in [-0.05, 0) is 48.9 Å². The predicted molar refractivity (Wildman–Crippen MR) is 124 cm³/mol. The third kappa shape index (κ3) is 3.27. The van der Waals surface area contributed by atoms with Crippen molar-refractivity contribution in [1.82, 2.24) is 4.57 Å². The molecule has 3 aromatic rings. The van der Waals surface area contributed by atoms with Crippen molar-refractivity contribution in [3.63, 3.8) is 0 Å². The normalized spacial score (nSPS) is 15.4. The molecule has 1 spiro atoms. The molecule has 1 aliphatic carbocycles. The van der Waals surface area contributed by atoms with Crippen LogP contribution >= 0.6 is 0 Å². The number of carboxylic acid groups (broad SMARTS) is 1. The summed E-state index contributed by atoms with van der Waals surface area (Å²) in [5, 5.41) is 9.49. The molecule has 1 aliphatic heterocycles. The third-order valence-electron chi connectivity index (χ3n) is 6.78. The minimum absolute atomic E-state index is 0.167. The summed E-state index contributed by atoms with van der Waals surface area (Å²) in [5.74, 6) is -0.366. The van der Waals surface area contributed by atoms with Crippen LogP contribution in [0.25, 0.3) is 11.3 Å². The summed E-state index contributed by atoms with van der Waals surface area (Å²) in [4.78, 5) is 26.2. The number of fused-ring (bicyclic) bond motifs is 4. The maximum Gasteiger partial charge on any atom is 0.341 e. The minimum Gasteiger partial charge on any atom is -0.487 e. The Bertz CT molecular complexity index is 1260. The Balaban J connectivity index is 1.63. The van der Waals surface area contributed by atoms with Crippen LogP contribution in [0.15, 0.2) is 59.5 Å². The monoisotopic (exact) mass is 430 g/mol. The van der Waals surface area contributed by atoms with Crippen LogP contribution in [-0.2, 0) is 18.6 Å². The molecule has 2 heterocycles. The number of pyridine rings is 1. The lowest BCUT2D eigenvalue weighted by atomic mass is 9.69. The highest BCUT2D eigenvalue weighted by molar-refractivity contribution is 5.88. The van der Waals surface area contributed by atoms with Gasteiger partial charge in [0, 0.05) is 37.5 Å². The second-order valence-electron chi connectivity index (χ2n) is 9.01. The molecule has 1 N–H and O–H groups in total. The zero-order valence-electron chi connectivity index (χ0n) is 18.3. The van der Waals surface area contributed by atoms with Crippen LogP contribution in [0.2, 0.25) is 0 Å². The van der Waals surface area contributed by atoms with Gasteiger partial charge in [-0.15, -0.1) is 0 Å². The van der Waals surface area contributed by atoms with E-state index in [0.29, 0.717) is 6.61 Å². The highest BCUT2D eigenvalue weighted by Crippen LogP contribution is 2.50. The Morgan fingerprint density at radius 2 is 1.91 bits per heavy atom. The molecule has 6 nitrogen and oxygen atoms in total. The van der Waals surface area contributed by atoms with Gasteiger partial charge in [0.1, 0.15) is 17.9 Å². The topological polar surface area (TPSA) is 71.8 Å². The molecule has 0 amide bonds. The number of carboxylic acids is 1. The van der Waals surface area contributed by atoms with Gasteiger partial charge in [-0.3, -0.25) is 4.79 Å². The minimum atomic E-state index is -1.18. The zero-order valence-corrected chi connectivity index (χ0v) is 18.3. The Labute approximate surface area is 186 Å². The molecule has 0 bridgehead atoms. The molecule has 0 unspecified atom stereocenters. The molecule has 0 atom stereocenters. The van der Waals surface area contributed by atoms with Crippen LogP contribution in [0.3, 0.4) is 0 Å². The molecular weight excluding hydrogens is 404 g/mol. The fourth-order valence-electron chi connectivity index (χ4n) is 4.93. The molecule has 6 heteroatoms. The molecule has 1 saturated carbocycles. The van der Waals surface area contributed by atoms with Crippen molar-refractivity contribution < 1.29 is 14.6 Å². The number of ether oxygens (including phenoxy) is 1. The van der Waals surface area contributed by atoms with Crippen molar-refractivity contribution in [2.75, 3.05) is 19.0 Å². The van der Waals surface area contributed by atoms with E-state index < -0.39 is 11.4 Å². The number of aromatic nitrogens is 1. The molecule has 2 aliphatic rings. The summed E-state index contributed by atoms with van der Waals surface area (Å²) >= 11 is 0. The van der Waals surface area contributed by atoms with E-state index in [1.54, 1.807) is 6.20 Å². The zero-order chi connectivity index (χ0) is 22.5. The van der Waals surface area contributed by atoms with Crippen LogP contribution in [0.4, 0.5) is 5.69 Å². The van der Waals surface area contributed by atoms with Crippen LogP contribution in [0.5, 0.6) is 5.75 Å². The first-order valence-corrected chi connectivity index (χ1v) is 10.9. The highest BCUT2D eigenvalue weighted by Gasteiger charge is 2.43. The molecule has 164 valence electrons. The molecule has 2 aromatic carbocycles. The Morgan fingerprint density at radius 3 is 2.53 bits per heavy atom. The van der Waals surface area contributed by atoms with Gasteiger partial charge in [0.05, 0.1) is 11.4 Å². The Hall–Kier alpha value is -3.54. The van der Waals surface area contributed by atoms with E-state index in [9.17, 15) is 14.7 Å². The van der Waals surface area contributed by atoms with E-state index in [0.717, 1.165) is 59.5 Å². The number of rotatable bonds is 5. The summed E-state index contributed by atoms with van der Waals surface area (Å²) in [5.41, 5.74) is 4.12. The summed E-state index contributed by atoms with van der Waals surface area (Å²) in [7, 11) is 3.93. The summed E-state index contributed by atoms with van der Waals surface area (Å²) in [6.45, 7) is 0.476. The van der Waals surface area contributed by atoms with E-state index in [1.165, 1.54) is 6.07 Å². The van der Waals surface area contributed by atoms with Gasteiger partial charge in [0.15, 0.2) is 5.43 Å². The average molecular weight is 431 g/mol. The van der Waals surface area contributed by atoms with E-state index in [2.05, 4.69) is 12.1 Å². The van der Waals surface area contributed by atoms with Gasteiger partial charge in [-0.2, -0.15) is 0 Å². The smallest absolute Gasteiger partial charge is 0.341 e. The van der Waals surface area contributed by atoms with Crippen LogP contribution in [0, 0.1) is 0 Å². The Morgan fingerprint density at radius 1 is 1.16 bits per heavy atom. The maximum atomic E-state index is 12.6. The van der Waals surface area contributed by atoms with Gasteiger partial charge < -0.3 is 19.3 Å². The van der Waals surface area contributed by atoms with Crippen LogP contribution < -0.4 is 15.1 Å². The molecule has 1 fully saturated rings. The lowest BCUT2D eigenvalue weighted by molar-refractivity contribution is 0.0691. The molecule has 5 rings (SSSR count). The van der Waals surface area contributed by atoms with Gasteiger partial charge in [0.2, 0.25) is 0 Å². The van der Waals surface area contributed by atoms with Crippen LogP contribution in [0.1, 0.15) is 40.7 Å². The lowest BCUT2D eigenvalue weighted by Gasteiger charge is -2.49. The maximum absolute atomic E-state index is 12.6. The summed E-state index contributed by atoms with van der Waals surface area (Å²) in [6.07, 6.45) is 5.38. The van der Waals surface area contributed by atoms with Crippen molar-refractivity contribution in [2.24, 2.45) is 0 Å². The second kappa shape index (κ2) is 7.55. The van der Waals surface area contributed by atoms with E-state index in [1.807, 2.05) is 53.9 Å². The molecule has 0 radical (unpaired) electrons. The predicted octanol–water partition coefficient (Wildman–Crippen LogP) is 4.29. The van der Waals surface area contributed by atoms with Crippen molar-refractivity contribution >= 4 is 11.7 Å². The summed E-state index contributed by atoms with van der Waals surface area (Å²) < 4.78 is 8.29. The van der Waals surface area contributed by atoms with Crippen molar-refractivity contribution in [2.45, 2.75) is 37.8 Å². The molecular formula is C26H26N2O4. The number of aromatic carboxylic acids is 1. The standard InChI is InChI=1S/C26H26N2O4/c1-27(2)22-12-19-18(11-24(22)32-16-17-7-4-3-5-8-17)14-26(9-6-10-26)28-15-20(25(30)31)23(29)13-21(19)28/h3-5,7-8,11-13,15H,6,9-10,14,16H2,1-2H3,(H,30,31). The first kappa shape index (κ1) is 20.4. The number of carbonyl (C=O) groups is 1. The Kier molecular flexibility index (Phi) is 4.81. The molecule has 32 heavy (non-hydrogen) atoms. The van der Waals surface area contributed by atoms with Crippen LogP contribution in [-0.4, -0.2) is 29.7 Å². The SMILES string of the molecule is CN(C)c1cc2c(cc1OCc1ccccc1)CC1(CCC1)n1cc(C(=O)O)c(=O)cc1-2. The van der Waals surface area contributed by atoms with Crippen molar-refractivity contribution in [3.8, 4) is 17.0 Å². The van der Waals surface area contributed by atoms with E-state index in [4.69, 9.17) is 4.74 Å². The van der Waals surface area contributed by atoms with Gasteiger partial charge >= 0.3 is 5.97 Å². The number of hydrogen-bond donors (Lipinski definition) is 1. The fraction of sp³-hybridized carbons (Fsp3) is 0.308. The lowest BCUT2D eigenvalue weighted by Crippen LogP contribution is -2.46. The van der Waals surface area contributed by atoms with E-state index >= 15 is 0 Å². The number of anilines is 1. The average Bonchev–Trinajstić information content (AvgIpc) is 2.75. The third-order valence-corrected chi connectivity index (χ3v) is 6.78. The van der Waals surface area contributed by atoms with Gasteiger partial charge in [0.25, 0.3) is 0 Å². The largest absolute Gasteiger partial charge is 0.487 e. The fourth-order valence-corrected chi connectivity index (χ4v) is 4.93. The van der Waals surface area contributed by atoms with Crippen molar-refractivity contribution in [3.05, 3.63) is 81.6 Å². The second-order valence-corrected chi connectivity index (χ2v) is 9.01. The first-order valence-electron chi connectivity index (χ1n) is 10.9. The highest BCUT2D eigenvalue weighted by atomic mass is 16.5. The van der Waals surface area contributed by atoms with Gasteiger partial charge in [-0.25, -0.2) is 4.79 Å². The number of benzene rings is 2. The van der Waals surface area contributed by atoms with E-state index in [-0.39, 0.29) is 11.1 Å². The van der Waals surface area contributed by atoms with Crippen molar-refractivity contribution in [1.29, 1.82) is 0 Å².